The summed E-state index contributed by atoms with van der Waals surface area (Å²) in [6, 6.07) is 0. The molecule has 0 bridgehead atoms. The van der Waals surface area contributed by atoms with Crippen LogP contribution in [0.5, 0.6) is 0 Å². The van der Waals surface area contributed by atoms with Gasteiger partial charge in [-0.1, -0.05) is 0 Å². The van der Waals surface area contributed by atoms with Gasteiger partial charge in [-0.2, -0.15) is 0 Å². The molecule has 0 aliphatic heterocycles. The molecule has 1 aromatic heterocycles. The zero-order chi connectivity index (χ0) is 5.98. The molecule has 0 atom stereocenters. The van der Waals surface area contributed by atoms with E-state index >= 15 is 0 Å². The van der Waals surface area contributed by atoms with E-state index in [1.54, 1.807) is 6.20 Å². The lowest BCUT2D eigenvalue weighted by molar-refractivity contribution is 0.272. The molecule has 1 heterocycles. The molecule has 0 fully saturated rings. The number of H-pyrrole nitrogens is 1. The molecule has 0 unspecified atom stereocenters. The highest BCUT2D eigenvalue weighted by Gasteiger charge is 1.91. The molecule has 2 N–H and O–H groups in total. The van der Waals surface area contributed by atoms with Crippen molar-refractivity contribution in [3.63, 3.8) is 0 Å². The summed E-state index contributed by atoms with van der Waals surface area (Å²) in [6.07, 6.45) is 1.60. The number of nitrogens with one attached hydrogen (secondary N) is 1. The molecule has 1 rings (SSSR count). The minimum atomic E-state index is -0.0361. The molecule has 0 aliphatic carbocycles. The predicted octanol–water partition coefficient (Wildman–Crippen LogP) is 1.09. The van der Waals surface area contributed by atoms with Crippen molar-refractivity contribution in [1.29, 1.82) is 0 Å². The lowest BCUT2D eigenvalue weighted by Crippen LogP contribution is -1.82. The molecule has 0 aliphatic rings. The zero-order valence-electron chi connectivity index (χ0n) is 4.47. The number of aliphatic hydroxyl groups is 1. The van der Waals surface area contributed by atoms with E-state index < -0.39 is 0 Å². The maximum absolute atomic E-state index is 8.44. The van der Waals surface area contributed by atoms with Crippen molar-refractivity contribution >= 4 is 28.3 Å². The van der Waals surface area contributed by atoms with Crippen LogP contribution in [0.3, 0.4) is 0 Å². The largest absolute Gasteiger partial charge is 0.388 e. The second kappa shape index (κ2) is 3.87. The van der Waals surface area contributed by atoms with E-state index in [2.05, 4.69) is 25.9 Å². The van der Waals surface area contributed by atoms with Gasteiger partial charge in [0.15, 0.2) is 0 Å². The third kappa shape index (κ3) is 2.34. The topological polar surface area (TPSA) is 48.9 Å². The van der Waals surface area contributed by atoms with Crippen LogP contribution < -0.4 is 0 Å². The Kier molecular flexibility index (Phi) is 3.84. The van der Waals surface area contributed by atoms with E-state index in [4.69, 9.17) is 5.11 Å². The smallest absolute Gasteiger partial charge is 0.132 e. The quantitative estimate of drug-likeness (QED) is 0.734. The highest BCUT2D eigenvalue weighted by Crippen LogP contribution is 2.03. The third-order valence-electron chi connectivity index (χ3n) is 0.747. The highest BCUT2D eigenvalue weighted by atomic mass is 79.9. The van der Waals surface area contributed by atoms with Crippen LogP contribution in [0, 0.1) is 0 Å². The van der Waals surface area contributed by atoms with Crippen LogP contribution in [0.2, 0.25) is 0 Å². The van der Waals surface area contributed by atoms with Gasteiger partial charge in [0.2, 0.25) is 0 Å². The van der Waals surface area contributed by atoms with Gasteiger partial charge in [0, 0.05) is 0 Å². The minimum absolute atomic E-state index is 0. The third-order valence-corrected chi connectivity index (χ3v) is 1.15. The summed E-state index contributed by atoms with van der Waals surface area (Å²) in [5.74, 6) is 0.580. The van der Waals surface area contributed by atoms with Crippen molar-refractivity contribution < 1.29 is 5.11 Å². The van der Waals surface area contributed by atoms with E-state index in [1.165, 1.54) is 0 Å². The van der Waals surface area contributed by atoms with Gasteiger partial charge in [-0.05, 0) is 15.9 Å². The number of aliphatic hydroxyl groups excluding tert-OH is 1. The first-order valence-electron chi connectivity index (χ1n) is 2.13. The van der Waals surface area contributed by atoms with Crippen LogP contribution >= 0.6 is 28.3 Å². The number of halogens is 2. The van der Waals surface area contributed by atoms with Gasteiger partial charge in [-0.15, -0.1) is 12.4 Å². The Morgan fingerprint density at radius 1 is 1.78 bits per heavy atom. The van der Waals surface area contributed by atoms with Crippen LogP contribution in [0.15, 0.2) is 10.8 Å². The summed E-state index contributed by atoms with van der Waals surface area (Å²) in [5.41, 5.74) is 0. The first-order valence-corrected chi connectivity index (χ1v) is 2.92. The van der Waals surface area contributed by atoms with E-state index in [0.29, 0.717) is 5.82 Å². The summed E-state index contributed by atoms with van der Waals surface area (Å²) in [5, 5.41) is 8.44. The summed E-state index contributed by atoms with van der Waals surface area (Å²) < 4.78 is 0.793. The normalized spacial score (nSPS) is 8.67. The Bertz CT molecular complexity index is 179. The fraction of sp³-hybridized carbons (Fsp3) is 0.250. The van der Waals surface area contributed by atoms with E-state index in [1.807, 2.05) is 0 Å². The number of imidazole rings is 1. The first kappa shape index (κ1) is 8.94. The molecule has 0 amide bonds. The predicted molar refractivity (Wildman–Crippen MR) is 39.5 cm³/mol. The summed E-state index contributed by atoms with van der Waals surface area (Å²) >= 11 is 3.14. The molecule has 52 valence electrons. The van der Waals surface area contributed by atoms with Crippen LogP contribution in [0.25, 0.3) is 0 Å². The van der Waals surface area contributed by atoms with Crippen molar-refractivity contribution in [3.05, 3.63) is 16.6 Å². The average molecular weight is 213 g/mol. The van der Waals surface area contributed by atoms with Crippen LogP contribution in [-0.4, -0.2) is 15.1 Å². The lowest BCUT2D eigenvalue weighted by atomic mass is 10.7. The van der Waals surface area contributed by atoms with Crippen molar-refractivity contribution in [2.75, 3.05) is 0 Å². The molecule has 5 heteroatoms. The Morgan fingerprint density at radius 2 is 2.44 bits per heavy atom. The number of nitrogens with zero attached hydrogens (tertiary/aromatic N) is 1. The Balaban J connectivity index is 0.000000640. The molecular weight excluding hydrogens is 207 g/mol. The number of hydrogen-bond acceptors (Lipinski definition) is 2. The SMILES string of the molecule is Cl.OCc1ncc(Br)[nH]1. The molecule has 3 nitrogen and oxygen atoms in total. The van der Waals surface area contributed by atoms with E-state index in [0.717, 1.165) is 4.60 Å². The molecule has 0 saturated heterocycles. The molecule has 0 radical (unpaired) electrons. The fourth-order valence-corrected chi connectivity index (χ4v) is 0.749. The summed E-state index contributed by atoms with van der Waals surface area (Å²) in [4.78, 5) is 6.56. The second-order valence-corrected chi connectivity index (χ2v) is 2.19. The maximum Gasteiger partial charge on any atom is 0.132 e. The van der Waals surface area contributed by atoms with E-state index in [-0.39, 0.29) is 19.0 Å². The number of hydrogen-bond donors (Lipinski definition) is 2. The molecule has 0 saturated carbocycles. The molecule has 0 aromatic carbocycles. The Hall–Kier alpha value is -0.0600. The number of aromatic amines is 1. The van der Waals surface area contributed by atoms with Gasteiger partial charge in [0.25, 0.3) is 0 Å². The van der Waals surface area contributed by atoms with Crippen LogP contribution in [0.4, 0.5) is 0 Å². The maximum atomic E-state index is 8.44. The number of rotatable bonds is 1. The zero-order valence-corrected chi connectivity index (χ0v) is 6.87. The summed E-state index contributed by atoms with van der Waals surface area (Å²) in [7, 11) is 0. The number of aromatic nitrogens is 2. The monoisotopic (exact) mass is 212 g/mol. The van der Waals surface area contributed by atoms with Crippen LogP contribution in [-0.2, 0) is 6.61 Å². The first-order chi connectivity index (χ1) is 3.83. The van der Waals surface area contributed by atoms with Crippen molar-refractivity contribution in [2.45, 2.75) is 6.61 Å². The minimum Gasteiger partial charge on any atom is -0.388 e. The molecule has 0 spiro atoms. The van der Waals surface area contributed by atoms with Gasteiger partial charge in [0.1, 0.15) is 17.0 Å². The fourth-order valence-electron chi connectivity index (χ4n) is 0.417. The van der Waals surface area contributed by atoms with Gasteiger partial charge in [-0.3, -0.25) is 0 Å². The lowest BCUT2D eigenvalue weighted by Gasteiger charge is -1.81. The van der Waals surface area contributed by atoms with E-state index in [9.17, 15) is 0 Å². The Morgan fingerprint density at radius 3 is 2.67 bits per heavy atom. The average Bonchev–Trinajstić information content (AvgIpc) is 2.14. The van der Waals surface area contributed by atoms with Gasteiger partial charge >= 0.3 is 0 Å². The molecule has 1 aromatic rings. The Labute approximate surface area is 67.0 Å². The second-order valence-electron chi connectivity index (χ2n) is 1.34. The molecule has 9 heavy (non-hydrogen) atoms. The summed E-state index contributed by atoms with van der Waals surface area (Å²) in [6.45, 7) is -0.0361. The highest BCUT2D eigenvalue weighted by molar-refractivity contribution is 9.10. The standard InChI is InChI=1S/C4H5BrN2O.ClH/c5-3-1-6-4(2-8)7-3;/h1,8H,2H2,(H,6,7);1H. The molecular formula is C4H6BrClN2O. The van der Waals surface area contributed by atoms with Crippen molar-refractivity contribution in [2.24, 2.45) is 0 Å². The van der Waals surface area contributed by atoms with Gasteiger partial charge in [0.05, 0.1) is 6.20 Å². The van der Waals surface area contributed by atoms with Crippen molar-refractivity contribution in [1.82, 2.24) is 9.97 Å². The van der Waals surface area contributed by atoms with Crippen molar-refractivity contribution in [3.8, 4) is 0 Å². The van der Waals surface area contributed by atoms with Gasteiger partial charge in [-0.25, -0.2) is 4.98 Å². The van der Waals surface area contributed by atoms with Gasteiger partial charge < -0.3 is 10.1 Å². The van der Waals surface area contributed by atoms with Crippen LogP contribution in [0.1, 0.15) is 5.82 Å².